The Morgan fingerprint density at radius 1 is 0.879 bits per heavy atom. The summed E-state index contributed by atoms with van der Waals surface area (Å²) in [6, 6.07) is 28.5. The molecule has 0 bridgehead atoms. The van der Waals surface area contributed by atoms with Crippen LogP contribution in [0.25, 0.3) is 33.0 Å². The van der Waals surface area contributed by atoms with Crippen molar-refractivity contribution < 1.29 is 4.79 Å². The van der Waals surface area contributed by atoms with Gasteiger partial charge >= 0.3 is 0 Å². The Labute approximate surface area is 195 Å². The number of carbonyl (C=O) groups excluding carboxylic acids is 1. The van der Waals surface area contributed by atoms with Gasteiger partial charge in [0.05, 0.1) is 0 Å². The Hall–Kier alpha value is -3.23. The van der Waals surface area contributed by atoms with E-state index in [1.807, 2.05) is 6.07 Å². The van der Waals surface area contributed by atoms with Crippen LogP contribution in [0.4, 0.5) is 0 Å². The number of nitrogens with one attached hydrogen (secondary N) is 1. The van der Waals surface area contributed by atoms with E-state index in [1.165, 1.54) is 46.0 Å². The van der Waals surface area contributed by atoms with E-state index in [1.54, 1.807) is 6.92 Å². The molecule has 2 nitrogen and oxygen atoms in total. The number of fused-ring (bicyclic) bond motifs is 2. The number of piperidine rings is 1. The van der Waals surface area contributed by atoms with Crippen molar-refractivity contribution in [1.82, 2.24) is 5.32 Å². The molecule has 1 aliphatic carbocycles. The fourth-order valence-corrected chi connectivity index (χ4v) is 5.76. The van der Waals surface area contributed by atoms with Gasteiger partial charge in [-0.05, 0) is 102 Å². The van der Waals surface area contributed by atoms with Crippen molar-refractivity contribution in [3.05, 3.63) is 95.6 Å². The molecule has 4 aromatic rings. The molecule has 0 aromatic heterocycles. The van der Waals surface area contributed by atoms with E-state index in [4.69, 9.17) is 0 Å². The summed E-state index contributed by atoms with van der Waals surface area (Å²) in [5, 5.41) is 5.83. The number of hydrogen-bond acceptors (Lipinski definition) is 2. The zero-order valence-corrected chi connectivity index (χ0v) is 19.3. The van der Waals surface area contributed by atoms with Crippen LogP contribution < -0.4 is 5.32 Å². The summed E-state index contributed by atoms with van der Waals surface area (Å²) in [4.78, 5) is 12.4. The zero-order chi connectivity index (χ0) is 22.6. The maximum absolute atomic E-state index is 12.4. The fraction of sp³-hybridized carbons (Fsp3) is 0.258. The molecule has 1 heterocycles. The molecule has 0 spiro atoms. The fourth-order valence-electron chi connectivity index (χ4n) is 5.76. The summed E-state index contributed by atoms with van der Waals surface area (Å²) in [7, 11) is 0. The van der Waals surface area contributed by atoms with Gasteiger partial charge in [-0.15, -0.1) is 0 Å². The first-order valence-corrected chi connectivity index (χ1v) is 12.0. The van der Waals surface area contributed by atoms with Crippen molar-refractivity contribution in [3.8, 4) is 22.3 Å². The highest BCUT2D eigenvalue weighted by molar-refractivity contribution is 6.05. The molecular formula is C31H29NO. The van der Waals surface area contributed by atoms with Crippen LogP contribution in [0.15, 0.2) is 78.9 Å². The van der Waals surface area contributed by atoms with Crippen molar-refractivity contribution >= 4 is 16.6 Å². The molecule has 1 aliphatic heterocycles. The molecule has 1 N–H and O–H groups in total. The molecule has 2 fully saturated rings. The maximum Gasteiger partial charge on any atom is 0.159 e. The first kappa shape index (κ1) is 20.4. The van der Waals surface area contributed by atoms with Crippen LogP contribution in [0.2, 0.25) is 0 Å². The molecule has 2 atom stereocenters. The molecule has 2 aliphatic rings. The van der Waals surface area contributed by atoms with E-state index in [0.29, 0.717) is 5.41 Å². The Morgan fingerprint density at radius 2 is 1.61 bits per heavy atom. The highest BCUT2D eigenvalue weighted by Gasteiger charge is 2.55. The predicted molar refractivity (Wildman–Crippen MR) is 137 cm³/mol. The zero-order valence-electron chi connectivity index (χ0n) is 19.3. The Balaban J connectivity index is 1.43. The van der Waals surface area contributed by atoms with Gasteiger partial charge < -0.3 is 5.32 Å². The molecule has 1 saturated heterocycles. The van der Waals surface area contributed by atoms with E-state index in [9.17, 15) is 4.79 Å². The van der Waals surface area contributed by atoms with E-state index in [2.05, 4.69) is 85.0 Å². The lowest BCUT2D eigenvalue weighted by Gasteiger charge is -2.23. The van der Waals surface area contributed by atoms with Crippen LogP contribution in [0.5, 0.6) is 0 Å². The molecular weight excluding hydrogens is 402 g/mol. The molecule has 164 valence electrons. The Bertz CT molecular complexity index is 1370. The van der Waals surface area contributed by atoms with Gasteiger partial charge in [0.2, 0.25) is 0 Å². The van der Waals surface area contributed by atoms with Gasteiger partial charge in [0, 0.05) is 11.0 Å². The number of ketones is 1. The third-order valence-corrected chi connectivity index (χ3v) is 7.89. The monoisotopic (exact) mass is 431 g/mol. The summed E-state index contributed by atoms with van der Waals surface area (Å²) in [6.07, 6.45) is 2.55. The maximum atomic E-state index is 12.4. The number of carbonyl (C=O) groups is 1. The van der Waals surface area contributed by atoms with Crippen LogP contribution in [0.3, 0.4) is 0 Å². The van der Waals surface area contributed by atoms with Gasteiger partial charge in [-0.25, -0.2) is 0 Å². The average molecular weight is 432 g/mol. The first-order valence-electron chi connectivity index (χ1n) is 12.0. The molecule has 6 rings (SSSR count). The normalized spacial score (nSPS) is 21.6. The lowest BCUT2D eigenvalue weighted by molar-refractivity contribution is 0.101. The molecule has 0 amide bonds. The minimum absolute atomic E-state index is 0.102. The van der Waals surface area contributed by atoms with Gasteiger partial charge in [0.25, 0.3) is 0 Å². The largest absolute Gasteiger partial charge is 0.316 e. The van der Waals surface area contributed by atoms with E-state index in [0.717, 1.165) is 35.5 Å². The number of benzene rings is 4. The molecule has 4 aromatic carbocycles. The summed E-state index contributed by atoms with van der Waals surface area (Å²) in [5.74, 6) is 0.893. The van der Waals surface area contributed by atoms with Crippen molar-refractivity contribution in [3.63, 3.8) is 0 Å². The van der Waals surface area contributed by atoms with Gasteiger partial charge in [-0.2, -0.15) is 0 Å². The van der Waals surface area contributed by atoms with Crippen molar-refractivity contribution in [2.45, 2.75) is 32.1 Å². The third-order valence-electron chi connectivity index (χ3n) is 7.89. The van der Waals surface area contributed by atoms with Crippen molar-refractivity contribution in [1.29, 1.82) is 0 Å². The number of rotatable bonds is 4. The minimum atomic E-state index is 0.102. The van der Waals surface area contributed by atoms with Crippen molar-refractivity contribution in [2.75, 3.05) is 13.1 Å². The first-order chi connectivity index (χ1) is 16.0. The Morgan fingerprint density at radius 3 is 2.33 bits per heavy atom. The molecule has 2 heteroatoms. The quantitative estimate of drug-likeness (QED) is 0.355. The predicted octanol–water partition coefficient (Wildman–Crippen LogP) is 6.94. The lowest BCUT2D eigenvalue weighted by Crippen LogP contribution is -2.31. The number of aryl methyl sites for hydroxylation is 1. The van der Waals surface area contributed by atoms with Crippen LogP contribution >= 0.6 is 0 Å². The second-order valence-electron chi connectivity index (χ2n) is 9.97. The summed E-state index contributed by atoms with van der Waals surface area (Å²) in [5.41, 5.74) is 8.58. The number of Topliss-reactive ketones (excluding diaryl/α,β-unsaturated/α-hetero) is 1. The molecule has 1 saturated carbocycles. The van der Waals surface area contributed by atoms with Crippen LogP contribution in [0.1, 0.15) is 41.3 Å². The average Bonchev–Trinajstić information content (AvgIpc) is 3.60. The standard InChI is InChI=1S/C31H29NO/c1-20-3-5-22(6-4-20)24-9-12-29-26(15-24)16-25(21(2)33)17-30(29)23-7-10-27(11-8-23)31-13-14-32-19-28(31)18-31/h3-12,15-17,28,32H,13-14,18-19H2,1-2H3. The molecule has 2 unspecified atom stereocenters. The minimum Gasteiger partial charge on any atom is -0.316 e. The van der Waals surface area contributed by atoms with Gasteiger partial charge in [-0.1, -0.05) is 66.2 Å². The van der Waals surface area contributed by atoms with Crippen LogP contribution in [-0.4, -0.2) is 18.9 Å². The third kappa shape index (κ3) is 3.50. The van der Waals surface area contributed by atoms with Gasteiger partial charge in [0.15, 0.2) is 5.78 Å². The van der Waals surface area contributed by atoms with E-state index >= 15 is 0 Å². The summed E-state index contributed by atoms with van der Waals surface area (Å²) >= 11 is 0. The van der Waals surface area contributed by atoms with Crippen LogP contribution in [-0.2, 0) is 5.41 Å². The second kappa shape index (κ2) is 7.67. The Kier molecular flexibility index (Phi) is 4.74. The van der Waals surface area contributed by atoms with Crippen LogP contribution in [0, 0.1) is 12.8 Å². The second-order valence-corrected chi connectivity index (χ2v) is 9.97. The van der Waals surface area contributed by atoms with Crippen molar-refractivity contribution in [2.24, 2.45) is 5.92 Å². The SMILES string of the molecule is CC(=O)c1cc(-c2ccc(C34CCNCC3C4)cc2)c2ccc(-c3ccc(C)cc3)cc2c1. The topological polar surface area (TPSA) is 29.1 Å². The smallest absolute Gasteiger partial charge is 0.159 e. The number of hydrogen-bond donors (Lipinski definition) is 1. The lowest BCUT2D eigenvalue weighted by atomic mass is 9.86. The van der Waals surface area contributed by atoms with Gasteiger partial charge in [-0.3, -0.25) is 4.79 Å². The van der Waals surface area contributed by atoms with E-state index < -0.39 is 0 Å². The summed E-state index contributed by atoms with van der Waals surface area (Å²) in [6.45, 7) is 6.03. The highest BCUT2D eigenvalue weighted by atomic mass is 16.1. The highest BCUT2D eigenvalue weighted by Crippen LogP contribution is 2.57. The van der Waals surface area contributed by atoms with Gasteiger partial charge in [0.1, 0.15) is 0 Å². The summed E-state index contributed by atoms with van der Waals surface area (Å²) < 4.78 is 0. The van der Waals surface area contributed by atoms with E-state index in [-0.39, 0.29) is 5.78 Å². The molecule has 0 radical (unpaired) electrons. The molecule has 33 heavy (non-hydrogen) atoms.